The van der Waals surface area contributed by atoms with Gasteiger partial charge in [0.15, 0.2) is 0 Å². The number of nitrogens with one attached hydrogen (secondary N) is 2. The zero-order chi connectivity index (χ0) is 17.4. The highest BCUT2D eigenvalue weighted by Crippen LogP contribution is 2.27. The lowest BCUT2D eigenvalue weighted by molar-refractivity contribution is -0.123. The van der Waals surface area contributed by atoms with Gasteiger partial charge in [0.25, 0.3) is 5.91 Å². The average molecular weight is 355 g/mol. The minimum Gasteiger partial charge on any atom is -0.346 e. The summed E-state index contributed by atoms with van der Waals surface area (Å²) in [6, 6.07) is 5.16. The van der Waals surface area contributed by atoms with Crippen molar-refractivity contribution in [2.24, 2.45) is 7.05 Å². The largest absolute Gasteiger partial charge is 0.346 e. The van der Waals surface area contributed by atoms with Crippen molar-refractivity contribution >= 4 is 33.2 Å². The molecule has 4 heterocycles. The lowest BCUT2D eigenvalue weighted by Gasteiger charge is -2.32. The van der Waals surface area contributed by atoms with Crippen molar-refractivity contribution < 1.29 is 9.59 Å². The van der Waals surface area contributed by atoms with Gasteiger partial charge in [0, 0.05) is 32.1 Å². The van der Waals surface area contributed by atoms with Gasteiger partial charge in [0.1, 0.15) is 0 Å². The summed E-state index contributed by atoms with van der Waals surface area (Å²) in [5.41, 5.74) is 0.874. The van der Waals surface area contributed by atoms with Gasteiger partial charge in [0.2, 0.25) is 5.91 Å². The van der Waals surface area contributed by atoms with Crippen LogP contribution in [-0.2, 0) is 11.8 Å². The zero-order valence-corrected chi connectivity index (χ0v) is 14.4. The first-order valence-corrected chi connectivity index (χ1v) is 8.85. The number of aryl methyl sites for hydroxylation is 1. The van der Waals surface area contributed by atoms with E-state index in [0.29, 0.717) is 17.7 Å². The van der Waals surface area contributed by atoms with Crippen molar-refractivity contribution in [3.8, 4) is 0 Å². The number of amides is 2. The van der Waals surface area contributed by atoms with Crippen LogP contribution < -0.4 is 10.6 Å². The molecule has 2 amide bonds. The number of nitrogens with zero attached hydrogens (tertiary/aromatic N) is 3. The van der Waals surface area contributed by atoms with Crippen LogP contribution in [0, 0.1) is 0 Å². The predicted molar refractivity (Wildman–Crippen MR) is 94.2 cm³/mol. The molecular formula is C17H17N5O2S. The number of carbonyl (C=O) groups is 2. The Bertz CT molecular complexity index is 914. The van der Waals surface area contributed by atoms with Gasteiger partial charge < -0.3 is 10.6 Å². The second kappa shape index (κ2) is 6.29. The topological polar surface area (TPSA) is 88.9 Å². The molecule has 0 aliphatic carbocycles. The fraction of sp³-hybridized carbons (Fsp3) is 0.294. The molecule has 2 N–H and O–H groups in total. The van der Waals surface area contributed by atoms with Gasteiger partial charge in [0.05, 0.1) is 27.4 Å². The molecule has 1 saturated heterocycles. The van der Waals surface area contributed by atoms with Crippen molar-refractivity contribution in [2.45, 2.75) is 24.9 Å². The fourth-order valence-corrected chi connectivity index (χ4v) is 4.09. The molecule has 3 aromatic heterocycles. The van der Waals surface area contributed by atoms with Gasteiger partial charge >= 0.3 is 0 Å². The molecule has 1 aliphatic heterocycles. The van der Waals surface area contributed by atoms with Crippen LogP contribution >= 0.6 is 11.3 Å². The van der Waals surface area contributed by atoms with Gasteiger partial charge in [-0.15, -0.1) is 11.3 Å². The van der Waals surface area contributed by atoms with Crippen molar-refractivity contribution in [3.05, 3.63) is 47.4 Å². The third kappa shape index (κ3) is 3.00. The second-order valence-electron chi connectivity index (χ2n) is 6.07. The first kappa shape index (κ1) is 15.8. The number of fused-ring (bicyclic) bond motifs is 1. The smallest absolute Gasteiger partial charge is 0.261 e. The maximum atomic E-state index is 12.7. The number of hydrogen-bond acceptors (Lipinski definition) is 5. The molecule has 8 heteroatoms. The SMILES string of the molecule is Cn1nccc1[C@@H]1NC(=O)CC[C@H]1NC(=O)c1cc2ccncc2s1. The molecule has 0 aromatic carbocycles. The maximum Gasteiger partial charge on any atom is 0.261 e. The second-order valence-corrected chi connectivity index (χ2v) is 7.15. The molecule has 0 unspecified atom stereocenters. The maximum absolute atomic E-state index is 12.7. The van der Waals surface area contributed by atoms with Crippen molar-refractivity contribution in [3.63, 3.8) is 0 Å². The Morgan fingerprint density at radius 2 is 2.28 bits per heavy atom. The van der Waals surface area contributed by atoms with E-state index in [1.807, 2.05) is 25.2 Å². The number of piperidine rings is 1. The van der Waals surface area contributed by atoms with E-state index < -0.39 is 0 Å². The third-order valence-electron chi connectivity index (χ3n) is 4.44. The van der Waals surface area contributed by atoms with E-state index in [-0.39, 0.29) is 23.9 Å². The van der Waals surface area contributed by atoms with Crippen molar-refractivity contribution in [1.29, 1.82) is 0 Å². The van der Waals surface area contributed by atoms with Gasteiger partial charge in [-0.2, -0.15) is 5.10 Å². The summed E-state index contributed by atoms with van der Waals surface area (Å²) in [4.78, 5) is 29.3. The van der Waals surface area contributed by atoms with Crippen LogP contribution in [0.3, 0.4) is 0 Å². The lowest BCUT2D eigenvalue weighted by atomic mass is 9.95. The summed E-state index contributed by atoms with van der Waals surface area (Å²) >= 11 is 1.42. The minimum absolute atomic E-state index is 0.00960. The molecular weight excluding hydrogens is 338 g/mol. The average Bonchev–Trinajstić information content (AvgIpc) is 3.22. The number of hydrogen-bond donors (Lipinski definition) is 2. The molecule has 3 aromatic rings. The summed E-state index contributed by atoms with van der Waals surface area (Å²) in [5.74, 6) is -0.140. The first-order chi connectivity index (χ1) is 12.1. The molecule has 0 saturated carbocycles. The zero-order valence-electron chi connectivity index (χ0n) is 13.6. The highest BCUT2D eigenvalue weighted by Gasteiger charge is 2.33. The van der Waals surface area contributed by atoms with Crippen LogP contribution in [-0.4, -0.2) is 32.6 Å². The number of carbonyl (C=O) groups excluding carboxylic acids is 2. The number of thiophene rings is 1. The first-order valence-electron chi connectivity index (χ1n) is 8.03. The number of rotatable bonds is 3. The van der Waals surface area contributed by atoms with E-state index in [4.69, 9.17) is 0 Å². The highest BCUT2D eigenvalue weighted by atomic mass is 32.1. The monoisotopic (exact) mass is 355 g/mol. The standard InChI is InChI=1S/C17H17N5O2S/c1-22-12(5-7-19-22)16-11(2-3-15(23)21-16)20-17(24)13-8-10-4-6-18-9-14(10)25-13/h4-9,11,16H,2-3H2,1H3,(H,20,24)(H,21,23)/t11-,16-/m1/s1. The molecule has 25 heavy (non-hydrogen) atoms. The van der Waals surface area contributed by atoms with Crippen LogP contribution in [0.4, 0.5) is 0 Å². The highest BCUT2D eigenvalue weighted by molar-refractivity contribution is 7.20. The van der Waals surface area contributed by atoms with E-state index in [2.05, 4.69) is 20.7 Å². The van der Waals surface area contributed by atoms with E-state index in [1.165, 1.54) is 11.3 Å². The van der Waals surface area contributed by atoms with Gasteiger partial charge in [-0.3, -0.25) is 19.3 Å². The lowest BCUT2D eigenvalue weighted by Crippen LogP contribution is -2.50. The van der Waals surface area contributed by atoms with Gasteiger partial charge in [-0.1, -0.05) is 0 Å². The molecule has 7 nitrogen and oxygen atoms in total. The molecule has 0 spiro atoms. The molecule has 2 atom stereocenters. The quantitative estimate of drug-likeness (QED) is 0.749. The number of pyridine rings is 1. The Morgan fingerprint density at radius 3 is 3.04 bits per heavy atom. The van der Waals surface area contributed by atoms with Crippen LogP contribution in [0.2, 0.25) is 0 Å². The van der Waals surface area contributed by atoms with Crippen molar-refractivity contribution in [1.82, 2.24) is 25.4 Å². The Morgan fingerprint density at radius 1 is 1.40 bits per heavy atom. The summed E-state index contributed by atoms with van der Waals surface area (Å²) in [5, 5.41) is 11.2. The Kier molecular flexibility index (Phi) is 3.96. The van der Waals surface area contributed by atoms with Crippen LogP contribution in [0.5, 0.6) is 0 Å². The molecule has 4 rings (SSSR count). The summed E-state index contributed by atoms with van der Waals surface area (Å²) in [6.07, 6.45) is 6.16. The summed E-state index contributed by atoms with van der Waals surface area (Å²) < 4.78 is 2.70. The van der Waals surface area contributed by atoms with E-state index in [1.54, 1.807) is 23.3 Å². The Hall–Kier alpha value is -2.74. The number of aromatic nitrogens is 3. The summed E-state index contributed by atoms with van der Waals surface area (Å²) in [7, 11) is 1.83. The van der Waals surface area contributed by atoms with Crippen LogP contribution in [0.15, 0.2) is 36.8 Å². The minimum atomic E-state index is -0.284. The van der Waals surface area contributed by atoms with E-state index in [0.717, 1.165) is 15.8 Å². The summed E-state index contributed by atoms with van der Waals surface area (Å²) in [6.45, 7) is 0. The van der Waals surface area contributed by atoms with E-state index >= 15 is 0 Å². The fourth-order valence-electron chi connectivity index (χ4n) is 3.16. The van der Waals surface area contributed by atoms with Crippen molar-refractivity contribution in [2.75, 3.05) is 0 Å². The molecule has 1 aliphatic rings. The normalized spacial score (nSPS) is 20.4. The third-order valence-corrected chi connectivity index (χ3v) is 5.53. The molecule has 1 fully saturated rings. The molecule has 0 bridgehead atoms. The van der Waals surface area contributed by atoms with Crippen LogP contribution in [0.25, 0.3) is 10.1 Å². The Labute approximate surface area is 148 Å². The van der Waals surface area contributed by atoms with Gasteiger partial charge in [-0.05, 0) is 30.0 Å². The predicted octanol–water partition coefficient (Wildman–Crippen LogP) is 1.78. The van der Waals surface area contributed by atoms with Gasteiger partial charge in [-0.25, -0.2) is 0 Å². The molecule has 0 radical (unpaired) electrons. The molecule has 128 valence electrons. The van der Waals surface area contributed by atoms with Crippen LogP contribution in [0.1, 0.15) is 34.2 Å². The Balaban J connectivity index is 1.58. The van der Waals surface area contributed by atoms with E-state index in [9.17, 15) is 9.59 Å².